The Morgan fingerprint density at radius 1 is 1.10 bits per heavy atom. The number of hydrogen-bond donors (Lipinski definition) is 1. The van der Waals surface area contributed by atoms with Crippen molar-refractivity contribution in [2.24, 2.45) is 0 Å². The quantitative estimate of drug-likeness (QED) is 0.600. The SMILES string of the molecule is COc1ccc(CNC(=O)C(C)(C)Oc2ccc([C@@H]3CC3(Cl)Cl)cc2)cc1OC. The fraction of sp³-hybridized carbons (Fsp3) is 0.409. The lowest BCUT2D eigenvalue weighted by Gasteiger charge is -2.25. The van der Waals surface area contributed by atoms with Crippen molar-refractivity contribution in [1.29, 1.82) is 0 Å². The molecule has 0 unspecified atom stereocenters. The molecule has 1 saturated carbocycles. The van der Waals surface area contributed by atoms with E-state index in [-0.39, 0.29) is 11.8 Å². The van der Waals surface area contributed by atoms with Gasteiger partial charge in [0, 0.05) is 12.5 Å². The maximum atomic E-state index is 12.7. The lowest BCUT2D eigenvalue weighted by molar-refractivity contribution is -0.134. The van der Waals surface area contributed by atoms with Crippen LogP contribution in [-0.4, -0.2) is 30.1 Å². The van der Waals surface area contributed by atoms with Gasteiger partial charge in [0.25, 0.3) is 5.91 Å². The number of carbonyl (C=O) groups is 1. The van der Waals surface area contributed by atoms with Crippen molar-refractivity contribution in [2.75, 3.05) is 14.2 Å². The number of benzene rings is 2. The molecule has 5 nitrogen and oxygen atoms in total. The van der Waals surface area contributed by atoms with Crippen LogP contribution in [0.4, 0.5) is 0 Å². The molecule has 7 heteroatoms. The largest absolute Gasteiger partial charge is 0.493 e. The van der Waals surface area contributed by atoms with E-state index in [1.165, 1.54) is 0 Å². The van der Waals surface area contributed by atoms with E-state index < -0.39 is 9.93 Å². The number of carbonyl (C=O) groups excluding carboxylic acids is 1. The minimum Gasteiger partial charge on any atom is -0.493 e. The van der Waals surface area contributed by atoms with Crippen molar-refractivity contribution in [1.82, 2.24) is 5.32 Å². The van der Waals surface area contributed by atoms with Crippen molar-refractivity contribution in [3.05, 3.63) is 53.6 Å². The third kappa shape index (κ3) is 5.09. The molecule has 1 atom stereocenters. The van der Waals surface area contributed by atoms with Crippen molar-refractivity contribution in [3.8, 4) is 17.2 Å². The Bertz CT molecular complexity index is 881. The van der Waals surface area contributed by atoms with Crippen LogP contribution in [0.25, 0.3) is 0 Å². The number of hydrogen-bond acceptors (Lipinski definition) is 4. The van der Waals surface area contributed by atoms with E-state index in [1.54, 1.807) is 34.1 Å². The predicted octanol–water partition coefficient (Wildman–Crippen LogP) is 4.84. The van der Waals surface area contributed by atoms with Crippen LogP contribution in [0.3, 0.4) is 0 Å². The zero-order valence-electron chi connectivity index (χ0n) is 16.9. The maximum absolute atomic E-state index is 12.7. The summed E-state index contributed by atoms with van der Waals surface area (Å²) in [5, 5.41) is 2.90. The van der Waals surface area contributed by atoms with Crippen molar-refractivity contribution >= 4 is 29.1 Å². The summed E-state index contributed by atoms with van der Waals surface area (Å²) in [4.78, 5) is 12.7. The molecule has 1 fully saturated rings. The average molecular weight is 438 g/mol. The first-order chi connectivity index (χ1) is 13.7. The van der Waals surface area contributed by atoms with E-state index in [9.17, 15) is 4.79 Å². The Labute approximate surface area is 181 Å². The standard InChI is InChI=1S/C22H25Cl2NO4/c1-21(2,29-16-8-6-15(7-9-16)17-12-22(17,23)24)20(26)25-13-14-5-10-18(27-3)19(11-14)28-4/h5-11,17H,12-13H2,1-4H3,(H,25,26)/t17-/m0/s1. The Morgan fingerprint density at radius 2 is 1.72 bits per heavy atom. The van der Waals surface area contributed by atoms with Gasteiger partial charge in [0.15, 0.2) is 17.1 Å². The first-order valence-corrected chi connectivity index (χ1v) is 10.1. The molecule has 0 heterocycles. The van der Waals surface area contributed by atoms with Crippen LogP contribution in [0.1, 0.15) is 37.3 Å². The molecule has 0 spiro atoms. The van der Waals surface area contributed by atoms with Gasteiger partial charge in [-0.3, -0.25) is 4.79 Å². The molecule has 1 N–H and O–H groups in total. The molecule has 3 rings (SSSR count). The fourth-order valence-electron chi connectivity index (χ4n) is 3.07. The molecular formula is C22H25Cl2NO4. The Morgan fingerprint density at radius 3 is 2.28 bits per heavy atom. The molecule has 29 heavy (non-hydrogen) atoms. The summed E-state index contributed by atoms with van der Waals surface area (Å²) in [7, 11) is 3.16. The van der Waals surface area contributed by atoms with Gasteiger partial charge in [0.05, 0.1) is 14.2 Å². The van der Waals surface area contributed by atoms with E-state index in [4.69, 9.17) is 37.4 Å². The summed E-state index contributed by atoms with van der Waals surface area (Å²) in [5.74, 6) is 1.79. The number of ether oxygens (including phenoxy) is 3. The van der Waals surface area contributed by atoms with Gasteiger partial charge in [-0.05, 0) is 55.7 Å². The molecule has 2 aromatic carbocycles. The number of nitrogens with one attached hydrogen (secondary N) is 1. The van der Waals surface area contributed by atoms with Crippen LogP contribution in [0, 0.1) is 0 Å². The lowest BCUT2D eigenvalue weighted by Crippen LogP contribution is -2.46. The second kappa shape index (κ2) is 8.33. The van der Waals surface area contributed by atoms with E-state index in [0.29, 0.717) is 23.8 Å². The summed E-state index contributed by atoms with van der Waals surface area (Å²) in [6.45, 7) is 3.81. The number of methoxy groups -OCH3 is 2. The highest BCUT2D eigenvalue weighted by atomic mass is 35.5. The second-order valence-electron chi connectivity index (χ2n) is 7.57. The van der Waals surface area contributed by atoms with Crippen LogP contribution >= 0.6 is 23.2 Å². The molecule has 1 aliphatic rings. The fourth-order valence-corrected chi connectivity index (χ4v) is 3.63. The normalized spacial score (nSPS) is 17.4. The van der Waals surface area contributed by atoms with Crippen LogP contribution < -0.4 is 19.5 Å². The monoisotopic (exact) mass is 437 g/mol. The minimum atomic E-state index is -1.04. The molecule has 0 saturated heterocycles. The molecular weight excluding hydrogens is 413 g/mol. The molecule has 0 aromatic heterocycles. The molecule has 1 amide bonds. The highest BCUT2D eigenvalue weighted by molar-refractivity contribution is 6.51. The Kier molecular flexibility index (Phi) is 6.20. The summed E-state index contributed by atoms with van der Waals surface area (Å²) >= 11 is 12.2. The van der Waals surface area contributed by atoms with E-state index >= 15 is 0 Å². The summed E-state index contributed by atoms with van der Waals surface area (Å²) in [5.41, 5.74) is 0.921. The second-order valence-corrected chi connectivity index (χ2v) is 9.11. The third-order valence-electron chi connectivity index (χ3n) is 4.93. The molecule has 156 valence electrons. The number of rotatable bonds is 8. The van der Waals surface area contributed by atoms with Crippen molar-refractivity contribution in [2.45, 2.75) is 42.7 Å². The van der Waals surface area contributed by atoms with Crippen molar-refractivity contribution < 1.29 is 19.0 Å². The van der Waals surface area contributed by atoms with Gasteiger partial charge in [0.2, 0.25) is 0 Å². The smallest absolute Gasteiger partial charge is 0.263 e. The maximum Gasteiger partial charge on any atom is 0.263 e. The van der Waals surface area contributed by atoms with Gasteiger partial charge in [0.1, 0.15) is 10.1 Å². The summed E-state index contributed by atoms with van der Waals surface area (Å²) in [6.07, 6.45) is 0.750. The molecule has 1 aliphatic carbocycles. The van der Waals surface area contributed by atoms with Gasteiger partial charge in [-0.25, -0.2) is 0 Å². The highest BCUT2D eigenvalue weighted by Crippen LogP contribution is 2.59. The lowest BCUT2D eigenvalue weighted by atomic mass is 10.1. The zero-order valence-corrected chi connectivity index (χ0v) is 18.4. The minimum absolute atomic E-state index is 0.151. The number of amides is 1. The molecule has 0 radical (unpaired) electrons. The van der Waals surface area contributed by atoms with Crippen LogP contribution in [0.5, 0.6) is 17.2 Å². The predicted molar refractivity (Wildman–Crippen MR) is 114 cm³/mol. The van der Waals surface area contributed by atoms with Gasteiger partial charge in [-0.1, -0.05) is 18.2 Å². The van der Waals surface area contributed by atoms with Crippen LogP contribution in [0.2, 0.25) is 0 Å². The van der Waals surface area contributed by atoms with Gasteiger partial charge >= 0.3 is 0 Å². The summed E-state index contributed by atoms with van der Waals surface area (Å²) in [6, 6.07) is 13.0. The van der Waals surface area contributed by atoms with E-state index in [1.807, 2.05) is 36.4 Å². The van der Waals surface area contributed by atoms with Gasteiger partial charge in [-0.2, -0.15) is 0 Å². The van der Waals surface area contributed by atoms with Crippen LogP contribution in [-0.2, 0) is 11.3 Å². The average Bonchev–Trinajstić information content (AvgIpc) is 3.34. The molecule has 2 aromatic rings. The van der Waals surface area contributed by atoms with E-state index in [0.717, 1.165) is 17.5 Å². The Hall–Kier alpha value is -2.11. The number of halogens is 2. The molecule has 0 aliphatic heterocycles. The third-order valence-corrected chi connectivity index (χ3v) is 5.76. The zero-order chi connectivity index (χ0) is 21.2. The molecule has 0 bridgehead atoms. The first-order valence-electron chi connectivity index (χ1n) is 9.32. The van der Waals surface area contributed by atoms with Crippen molar-refractivity contribution in [3.63, 3.8) is 0 Å². The Balaban J connectivity index is 1.58. The summed E-state index contributed by atoms with van der Waals surface area (Å²) < 4.78 is 15.8. The first kappa shape index (κ1) is 21.6. The topological polar surface area (TPSA) is 56.8 Å². The highest BCUT2D eigenvalue weighted by Gasteiger charge is 2.52. The van der Waals surface area contributed by atoms with E-state index in [2.05, 4.69) is 5.32 Å². The van der Waals surface area contributed by atoms with Crippen LogP contribution in [0.15, 0.2) is 42.5 Å². The van der Waals surface area contributed by atoms with Gasteiger partial charge < -0.3 is 19.5 Å². The van der Waals surface area contributed by atoms with Gasteiger partial charge in [-0.15, -0.1) is 23.2 Å². The number of alkyl halides is 2.